The van der Waals surface area contributed by atoms with E-state index in [-0.39, 0.29) is 13.2 Å². The zero-order valence-electron chi connectivity index (χ0n) is 12.1. The van der Waals surface area contributed by atoms with Gasteiger partial charge in [0.15, 0.2) is 0 Å². The van der Waals surface area contributed by atoms with E-state index in [0.717, 1.165) is 13.2 Å². The van der Waals surface area contributed by atoms with Crippen LogP contribution in [0.5, 0.6) is 0 Å². The second-order valence-electron chi connectivity index (χ2n) is 2.81. The second-order valence-corrected chi connectivity index (χ2v) is 2.81. The van der Waals surface area contributed by atoms with Crippen LogP contribution in [0.3, 0.4) is 0 Å². The Morgan fingerprint density at radius 3 is 1.53 bits per heavy atom. The fraction of sp³-hybridized carbons (Fsp3) is 0.714. The predicted octanol–water partition coefficient (Wildman–Crippen LogP) is 3.18. The Balaban J connectivity index is -0.0000000726. The summed E-state index contributed by atoms with van der Waals surface area (Å²) in [4.78, 5) is 0. The Kier molecular flexibility index (Phi) is 67.4. The molecule has 3 heteroatoms. The van der Waals surface area contributed by atoms with Crippen LogP contribution in [0.4, 0.5) is 0 Å². The lowest BCUT2D eigenvalue weighted by Crippen LogP contribution is -1.90. The van der Waals surface area contributed by atoms with E-state index in [1.807, 2.05) is 20.8 Å². The largest absolute Gasteiger partial charge is 0.394 e. The standard InChI is InChI=1S/C6H14O.2C3H6.C2H6O2/c1-3-5-6-7-4-2;2*1-3-2;3-1-2-4/h3-6H2,1-2H3;2*3H,1H2,2H3;3-4H,1-2H2. The van der Waals surface area contributed by atoms with Crippen molar-refractivity contribution in [2.24, 2.45) is 0 Å². The zero-order chi connectivity index (χ0) is 14.4. The van der Waals surface area contributed by atoms with Crippen molar-refractivity contribution in [2.45, 2.75) is 40.5 Å². The van der Waals surface area contributed by atoms with Gasteiger partial charge in [-0.2, -0.15) is 0 Å². The lowest BCUT2D eigenvalue weighted by atomic mass is 10.4. The summed E-state index contributed by atoms with van der Waals surface area (Å²) in [6.07, 6.45) is 5.94. The van der Waals surface area contributed by atoms with Crippen molar-refractivity contribution in [3.63, 3.8) is 0 Å². The first-order valence-corrected chi connectivity index (χ1v) is 6.10. The number of unbranched alkanes of at least 4 members (excludes halogenated alkanes) is 1. The van der Waals surface area contributed by atoms with Gasteiger partial charge in [0.25, 0.3) is 0 Å². The molecule has 0 rings (SSSR count). The Morgan fingerprint density at radius 1 is 1.00 bits per heavy atom. The highest BCUT2D eigenvalue weighted by molar-refractivity contribution is 4.51. The summed E-state index contributed by atoms with van der Waals surface area (Å²) in [5, 5.41) is 15.2. The Labute approximate surface area is 108 Å². The molecule has 0 unspecified atom stereocenters. The number of hydrogen-bond acceptors (Lipinski definition) is 3. The fourth-order valence-electron chi connectivity index (χ4n) is 0.391. The third-order valence-corrected chi connectivity index (χ3v) is 0.946. The van der Waals surface area contributed by atoms with Crippen molar-refractivity contribution >= 4 is 0 Å². The number of aliphatic hydroxyl groups excluding tert-OH is 2. The van der Waals surface area contributed by atoms with Gasteiger partial charge in [0.2, 0.25) is 0 Å². The summed E-state index contributed by atoms with van der Waals surface area (Å²) in [5.74, 6) is 0. The molecule has 0 saturated heterocycles. The van der Waals surface area contributed by atoms with E-state index < -0.39 is 0 Å². The number of allylic oxidation sites excluding steroid dienone is 2. The van der Waals surface area contributed by atoms with Gasteiger partial charge in [-0.25, -0.2) is 0 Å². The molecular weight excluding hydrogens is 216 g/mol. The van der Waals surface area contributed by atoms with Crippen LogP contribution in [0.15, 0.2) is 25.3 Å². The molecule has 0 radical (unpaired) electrons. The summed E-state index contributed by atoms with van der Waals surface area (Å²) in [7, 11) is 0. The minimum Gasteiger partial charge on any atom is -0.394 e. The third kappa shape index (κ3) is 144. The van der Waals surface area contributed by atoms with Crippen LogP contribution >= 0.6 is 0 Å². The van der Waals surface area contributed by atoms with Gasteiger partial charge < -0.3 is 14.9 Å². The minimum absolute atomic E-state index is 0.125. The molecule has 0 spiro atoms. The molecule has 0 amide bonds. The highest BCUT2D eigenvalue weighted by atomic mass is 16.5. The van der Waals surface area contributed by atoms with Gasteiger partial charge in [-0.1, -0.05) is 25.5 Å². The van der Waals surface area contributed by atoms with Crippen LogP contribution in [-0.2, 0) is 4.74 Å². The van der Waals surface area contributed by atoms with Crippen molar-refractivity contribution in [3.05, 3.63) is 25.3 Å². The maximum atomic E-state index is 7.62. The Morgan fingerprint density at radius 2 is 1.35 bits per heavy atom. The second kappa shape index (κ2) is 45.3. The topological polar surface area (TPSA) is 49.7 Å². The van der Waals surface area contributed by atoms with E-state index in [1.54, 1.807) is 12.2 Å². The molecule has 0 aliphatic heterocycles. The number of hydrogen-bond donors (Lipinski definition) is 2. The third-order valence-electron chi connectivity index (χ3n) is 0.946. The summed E-state index contributed by atoms with van der Waals surface area (Å²) >= 11 is 0. The van der Waals surface area contributed by atoms with Gasteiger partial charge >= 0.3 is 0 Å². The van der Waals surface area contributed by atoms with Gasteiger partial charge in [-0.15, -0.1) is 13.2 Å². The normalized spacial score (nSPS) is 7.18. The first kappa shape index (κ1) is 25.3. The van der Waals surface area contributed by atoms with Crippen molar-refractivity contribution in [3.8, 4) is 0 Å². The molecule has 17 heavy (non-hydrogen) atoms. The molecule has 0 heterocycles. The average molecular weight is 248 g/mol. The summed E-state index contributed by atoms with van der Waals surface area (Å²) < 4.78 is 5.07. The maximum absolute atomic E-state index is 7.62. The first-order valence-electron chi connectivity index (χ1n) is 6.10. The van der Waals surface area contributed by atoms with Crippen LogP contribution in [0.1, 0.15) is 40.5 Å². The molecular formula is C14H32O3. The lowest BCUT2D eigenvalue weighted by molar-refractivity contribution is 0.144. The van der Waals surface area contributed by atoms with Crippen LogP contribution in [0.25, 0.3) is 0 Å². The van der Waals surface area contributed by atoms with E-state index in [4.69, 9.17) is 14.9 Å². The van der Waals surface area contributed by atoms with Gasteiger partial charge in [0, 0.05) is 13.2 Å². The van der Waals surface area contributed by atoms with Gasteiger partial charge in [0.1, 0.15) is 0 Å². The van der Waals surface area contributed by atoms with Gasteiger partial charge in [-0.05, 0) is 27.2 Å². The first-order chi connectivity index (χ1) is 8.16. The molecule has 0 fully saturated rings. The average Bonchev–Trinajstić information content (AvgIpc) is 2.32. The van der Waals surface area contributed by atoms with Gasteiger partial charge in [0.05, 0.1) is 13.2 Å². The van der Waals surface area contributed by atoms with Gasteiger partial charge in [-0.3, -0.25) is 0 Å². The molecule has 106 valence electrons. The molecule has 2 N–H and O–H groups in total. The SMILES string of the molecule is C=CC.C=CC.CCCCOCC.OCCO. The highest BCUT2D eigenvalue weighted by Crippen LogP contribution is 1.85. The van der Waals surface area contributed by atoms with E-state index in [1.165, 1.54) is 12.8 Å². The van der Waals surface area contributed by atoms with Crippen LogP contribution in [0, 0.1) is 0 Å². The maximum Gasteiger partial charge on any atom is 0.0662 e. The van der Waals surface area contributed by atoms with Crippen molar-refractivity contribution in [2.75, 3.05) is 26.4 Å². The highest BCUT2D eigenvalue weighted by Gasteiger charge is 1.78. The van der Waals surface area contributed by atoms with E-state index in [9.17, 15) is 0 Å². The van der Waals surface area contributed by atoms with Crippen molar-refractivity contribution in [1.82, 2.24) is 0 Å². The lowest BCUT2D eigenvalue weighted by Gasteiger charge is -1.94. The summed E-state index contributed by atoms with van der Waals surface area (Å²) in [6, 6.07) is 0. The van der Waals surface area contributed by atoms with Crippen molar-refractivity contribution < 1.29 is 14.9 Å². The molecule has 0 bridgehead atoms. The monoisotopic (exact) mass is 248 g/mol. The van der Waals surface area contributed by atoms with Crippen LogP contribution in [0.2, 0.25) is 0 Å². The van der Waals surface area contributed by atoms with E-state index in [2.05, 4.69) is 20.1 Å². The summed E-state index contributed by atoms with van der Waals surface area (Å²) in [5.41, 5.74) is 0. The molecule has 0 atom stereocenters. The molecule has 0 aromatic heterocycles. The van der Waals surface area contributed by atoms with E-state index >= 15 is 0 Å². The smallest absolute Gasteiger partial charge is 0.0662 e. The Hall–Kier alpha value is -0.640. The van der Waals surface area contributed by atoms with Crippen LogP contribution in [-0.4, -0.2) is 36.6 Å². The molecule has 0 saturated carbocycles. The number of rotatable bonds is 5. The fourth-order valence-corrected chi connectivity index (χ4v) is 0.391. The number of ether oxygens (including phenoxy) is 1. The predicted molar refractivity (Wildman–Crippen MR) is 77.3 cm³/mol. The van der Waals surface area contributed by atoms with Crippen LogP contribution < -0.4 is 0 Å². The van der Waals surface area contributed by atoms with E-state index in [0.29, 0.717) is 0 Å². The zero-order valence-corrected chi connectivity index (χ0v) is 12.1. The molecule has 0 aliphatic rings. The van der Waals surface area contributed by atoms with Crippen molar-refractivity contribution in [1.29, 1.82) is 0 Å². The quantitative estimate of drug-likeness (QED) is 0.580. The minimum atomic E-state index is -0.125. The molecule has 0 aromatic carbocycles. The number of aliphatic hydroxyl groups is 2. The molecule has 0 aliphatic carbocycles. The summed E-state index contributed by atoms with van der Waals surface area (Å²) in [6.45, 7) is 16.2. The Bertz CT molecular complexity index is 91.6. The molecule has 3 nitrogen and oxygen atoms in total. The molecule has 0 aromatic rings.